The highest BCUT2D eigenvalue weighted by atomic mass is 16.6. The minimum absolute atomic E-state index is 0.0954. The second-order valence-corrected chi connectivity index (χ2v) is 6.15. The van der Waals surface area contributed by atoms with Gasteiger partial charge < -0.3 is 9.47 Å². The third-order valence-electron chi connectivity index (χ3n) is 3.94. The number of rotatable bonds is 11. The van der Waals surface area contributed by atoms with Crippen LogP contribution >= 0.6 is 0 Å². The normalized spacial score (nSPS) is 11.8. The number of para-hydroxylation sites is 2. The zero-order valence-corrected chi connectivity index (χ0v) is 15.2. The molecule has 0 saturated heterocycles. The fourth-order valence-corrected chi connectivity index (χ4v) is 2.69. The molecule has 0 bridgehead atoms. The van der Waals surface area contributed by atoms with Crippen molar-refractivity contribution in [3.8, 4) is 11.5 Å². The first-order chi connectivity index (χ1) is 11.6. The van der Waals surface area contributed by atoms with Crippen LogP contribution < -0.4 is 9.47 Å². The van der Waals surface area contributed by atoms with Crippen molar-refractivity contribution in [1.82, 2.24) is 0 Å². The molecule has 0 amide bonds. The zero-order valence-electron chi connectivity index (χ0n) is 15.2. The van der Waals surface area contributed by atoms with Crippen LogP contribution in [0, 0.1) is 5.92 Å². The number of benzene rings is 1. The van der Waals surface area contributed by atoms with Crippen LogP contribution in [0.3, 0.4) is 0 Å². The number of esters is 2. The van der Waals surface area contributed by atoms with Gasteiger partial charge in [-0.05, 0) is 25.0 Å². The minimum Gasteiger partial charge on any atom is -0.423 e. The first-order valence-corrected chi connectivity index (χ1v) is 9.07. The van der Waals surface area contributed by atoms with Crippen LogP contribution in [0.1, 0.15) is 72.1 Å². The van der Waals surface area contributed by atoms with Crippen molar-refractivity contribution in [3.63, 3.8) is 0 Å². The summed E-state index contributed by atoms with van der Waals surface area (Å²) in [6, 6.07) is 6.78. The molecular formula is C20H30O4. The summed E-state index contributed by atoms with van der Waals surface area (Å²) in [6.45, 7) is 5.59. The van der Waals surface area contributed by atoms with E-state index in [1.54, 1.807) is 24.3 Å². The summed E-state index contributed by atoms with van der Waals surface area (Å²) >= 11 is 0. The van der Waals surface area contributed by atoms with E-state index < -0.39 is 5.97 Å². The number of hydrogen-bond donors (Lipinski definition) is 0. The van der Waals surface area contributed by atoms with Gasteiger partial charge in [-0.2, -0.15) is 0 Å². The Morgan fingerprint density at radius 3 is 2.08 bits per heavy atom. The molecule has 1 aromatic rings. The molecule has 1 atom stereocenters. The molecule has 0 aliphatic rings. The van der Waals surface area contributed by atoms with Crippen molar-refractivity contribution in [2.24, 2.45) is 5.92 Å². The Balaban J connectivity index is 2.62. The predicted octanol–water partition coefficient (Wildman–Crippen LogP) is 5.29. The number of ether oxygens (including phenoxy) is 2. The summed E-state index contributed by atoms with van der Waals surface area (Å²) in [7, 11) is 0. The molecule has 1 aromatic carbocycles. The monoisotopic (exact) mass is 334 g/mol. The molecule has 4 nitrogen and oxygen atoms in total. The highest BCUT2D eigenvalue weighted by molar-refractivity contribution is 5.77. The summed E-state index contributed by atoms with van der Waals surface area (Å²) in [6.07, 6.45) is 8.51. The summed E-state index contributed by atoms with van der Waals surface area (Å²) < 4.78 is 10.6. The molecular weight excluding hydrogens is 304 g/mol. The lowest BCUT2D eigenvalue weighted by atomic mass is 9.96. The van der Waals surface area contributed by atoms with Crippen LogP contribution in [-0.2, 0) is 9.59 Å². The molecule has 0 saturated carbocycles. The Hall–Kier alpha value is -1.84. The van der Waals surface area contributed by atoms with E-state index in [4.69, 9.17) is 9.47 Å². The topological polar surface area (TPSA) is 52.6 Å². The van der Waals surface area contributed by atoms with Gasteiger partial charge in [0.05, 0.1) is 5.92 Å². The Morgan fingerprint density at radius 2 is 1.50 bits per heavy atom. The summed E-state index contributed by atoms with van der Waals surface area (Å²) in [5.41, 5.74) is 0. The molecule has 24 heavy (non-hydrogen) atoms. The first kappa shape index (κ1) is 20.2. The molecule has 0 heterocycles. The van der Waals surface area contributed by atoms with Gasteiger partial charge in [-0.15, -0.1) is 0 Å². The number of hydrogen-bond acceptors (Lipinski definition) is 4. The van der Waals surface area contributed by atoms with Gasteiger partial charge in [0.1, 0.15) is 0 Å². The van der Waals surface area contributed by atoms with Crippen molar-refractivity contribution in [2.45, 2.75) is 72.1 Å². The van der Waals surface area contributed by atoms with Gasteiger partial charge in [-0.3, -0.25) is 9.59 Å². The van der Waals surface area contributed by atoms with Gasteiger partial charge in [0.25, 0.3) is 0 Å². The van der Waals surface area contributed by atoms with E-state index in [0.29, 0.717) is 5.75 Å². The van der Waals surface area contributed by atoms with Crippen molar-refractivity contribution in [2.75, 3.05) is 0 Å². The van der Waals surface area contributed by atoms with Gasteiger partial charge in [-0.1, -0.05) is 64.5 Å². The van der Waals surface area contributed by atoms with E-state index in [1.807, 2.05) is 0 Å². The maximum Gasteiger partial charge on any atom is 0.314 e. The molecule has 1 unspecified atom stereocenters. The second-order valence-electron chi connectivity index (χ2n) is 6.15. The number of unbranched alkanes of at least 4 members (excludes halogenated alkanes) is 4. The molecule has 0 radical (unpaired) electrons. The van der Waals surface area contributed by atoms with Crippen LogP contribution in [0.5, 0.6) is 11.5 Å². The maximum absolute atomic E-state index is 12.5. The van der Waals surface area contributed by atoms with Gasteiger partial charge in [-0.25, -0.2) is 0 Å². The quantitative estimate of drug-likeness (QED) is 0.313. The molecule has 0 aliphatic carbocycles. The van der Waals surface area contributed by atoms with Crippen LogP contribution in [0.2, 0.25) is 0 Å². The lowest BCUT2D eigenvalue weighted by Crippen LogP contribution is -2.21. The fourth-order valence-electron chi connectivity index (χ4n) is 2.69. The molecule has 0 fully saturated rings. The molecule has 1 rings (SSSR count). The highest BCUT2D eigenvalue weighted by Gasteiger charge is 2.21. The molecule has 0 N–H and O–H groups in total. The molecule has 134 valence electrons. The second kappa shape index (κ2) is 11.7. The van der Waals surface area contributed by atoms with Crippen LogP contribution in [0.25, 0.3) is 0 Å². The van der Waals surface area contributed by atoms with E-state index in [2.05, 4.69) is 13.8 Å². The predicted molar refractivity (Wildman–Crippen MR) is 95.2 cm³/mol. The Kier molecular flexibility index (Phi) is 9.81. The summed E-state index contributed by atoms with van der Waals surface area (Å²) in [5.74, 6) is -0.158. The highest BCUT2D eigenvalue weighted by Crippen LogP contribution is 2.28. The van der Waals surface area contributed by atoms with Crippen LogP contribution in [-0.4, -0.2) is 11.9 Å². The standard InChI is InChI=1S/C20H30O4/c1-4-6-7-8-9-13-17(12-5-2)20(22)24-19-15-11-10-14-18(19)23-16(3)21/h10-11,14-15,17H,4-9,12-13H2,1-3H3. The van der Waals surface area contributed by atoms with E-state index >= 15 is 0 Å². The van der Waals surface area contributed by atoms with Gasteiger partial charge in [0.15, 0.2) is 11.5 Å². The third-order valence-corrected chi connectivity index (χ3v) is 3.94. The lowest BCUT2D eigenvalue weighted by molar-refractivity contribution is -0.140. The van der Waals surface area contributed by atoms with Crippen LogP contribution in [0.4, 0.5) is 0 Å². The van der Waals surface area contributed by atoms with Crippen molar-refractivity contribution in [3.05, 3.63) is 24.3 Å². The SMILES string of the molecule is CCCCCCCC(CCC)C(=O)Oc1ccccc1OC(C)=O. The van der Waals surface area contributed by atoms with E-state index in [9.17, 15) is 9.59 Å². The molecule has 0 spiro atoms. The van der Waals surface area contributed by atoms with Gasteiger partial charge >= 0.3 is 11.9 Å². The van der Waals surface area contributed by atoms with E-state index in [-0.39, 0.29) is 17.6 Å². The van der Waals surface area contributed by atoms with E-state index in [1.165, 1.54) is 26.2 Å². The molecule has 0 aromatic heterocycles. The van der Waals surface area contributed by atoms with Crippen molar-refractivity contribution in [1.29, 1.82) is 0 Å². The van der Waals surface area contributed by atoms with Gasteiger partial charge in [0, 0.05) is 6.92 Å². The lowest BCUT2D eigenvalue weighted by Gasteiger charge is -2.16. The summed E-state index contributed by atoms with van der Waals surface area (Å²) in [4.78, 5) is 23.7. The summed E-state index contributed by atoms with van der Waals surface area (Å²) in [5, 5.41) is 0. The Morgan fingerprint density at radius 1 is 0.875 bits per heavy atom. The van der Waals surface area contributed by atoms with Crippen molar-refractivity contribution < 1.29 is 19.1 Å². The number of carbonyl (C=O) groups is 2. The smallest absolute Gasteiger partial charge is 0.314 e. The van der Waals surface area contributed by atoms with Gasteiger partial charge in [0.2, 0.25) is 0 Å². The first-order valence-electron chi connectivity index (χ1n) is 9.07. The van der Waals surface area contributed by atoms with Crippen LogP contribution in [0.15, 0.2) is 24.3 Å². The fraction of sp³-hybridized carbons (Fsp3) is 0.600. The number of carbonyl (C=O) groups excluding carboxylic acids is 2. The third kappa shape index (κ3) is 7.62. The average Bonchev–Trinajstić information content (AvgIpc) is 2.55. The Bertz CT molecular complexity index is 510. The molecule has 0 aliphatic heterocycles. The zero-order chi connectivity index (χ0) is 17.8. The van der Waals surface area contributed by atoms with E-state index in [0.717, 1.165) is 32.1 Å². The Labute approximate surface area is 145 Å². The molecule has 4 heteroatoms. The largest absolute Gasteiger partial charge is 0.423 e. The average molecular weight is 334 g/mol. The minimum atomic E-state index is -0.431. The van der Waals surface area contributed by atoms with Crippen molar-refractivity contribution >= 4 is 11.9 Å². The maximum atomic E-state index is 12.5.